The van der Waals surface area contributed by atoms with Gasteiger partial charge in [0.1, 0.15) is 5.69 Å². The Bertz CT molecular complexity index is 435. The molecule has 4 N–H and O–H groups in total. The summed E-state index contributed by atoms with van der Waals surface area (Å²) < 4.78 is 37.3. The van der Waals surface area contributed by atoms with E-state index in [1.807, 2.05) is 0 Å². The van der Waals surface area contributed by atoms with Gasteiger partial charge in [0.2, 0.25) is 0 Å². The first-order valence-electron chi connectivity index (χ1n) is 5.25. The van der Waals surface area contributed by atoms with Crippen LogP contribution in [0.4, 0.5) is 24.5 Å². The van der Waals surface area contributed by atoms with Crippen molar-refractivity contribution in [1.29, 1.82) is 0 Å². The highest BCUT2D eigenvalue weighted by molar-refractivity contribution is 5.62. The summed E-state index contributed by atoms with van der Waals surface area (Å²) in [7, 11) is 0. The van der Waals surface area contributed by atoms with Crippen molar-refractivity contribution in [2.45, 2.75) is 12.6 Å². The van der Waals surface area contributed by atoms with E-state index in [2.05, 4.69) is 11.1 Å². The number of hydrogen-bond donors (Lipinski definition) is 2. The van der Waals surface area contributed by atoms with Gasteiger partial charge in [-0.1, -0.05) is 0 Å². The Balaban J connectivity index is 3.01. The first kappa shape index (κ1) is 14.2. The van der Waals surface area contributed by atoms with Gasteiger partial charge in [-0.3, -0.25) is 10.1 Å². The highest BCUT2D eigenvalue weighted by Gasteiger charge is 2.32. The number of nitro groups is 1. The second-order valence-corrected chi connectivity index (χ2v) is 3.62. The molecule has 1 rings (SSSR count). The van der Waals surface area contributed by atoms with Gasteiger partial charge in [-0.2, -0.15) is 13.2 Å². The summed E-state index contributed by atoms with van der Waals surface area (Å²) in [6.07, 6.45) is -3.91. The van der Waals surface area contributed by atoms with Crippen molar-refractivity contribution in [3.8, 4) is 0 Å². The van der Waals surface area contributed by atoms with E-state index in [4.69, 9.17) is 0 Å². The zero-order chi connectivity index (χ0) is 13.8. The van der Waals surface area contributed by atoms with Crippen molar-refractivity contribution in [2.24, 2.45) is 0 Å². The average molecular weight is 264 g/mol. The molecule has 0 saturated heterocycles. The summed E-state index contributed by atoms with van der Waals surface area (Å²) in [5, 5.41) is 13.4. The number of benzene rings is 1. The monoisotopic (exact) mass is 264 g/mol. The molecule has 0 atom stereocenters. The molecule has 0 spiro atoms. The van der Waals surface area contributed by atoms with Gasteiger partial charge in [0, 0.05) is 19.0 Å². The Morgan fingerprint density at radius 1 is 1.39 bits per heavy atom. The number of rotatable bonds is 5. The SMILES string of the molecule is [NH3+]CCCNc1ccc(C(F)(F)F)cc1[N+](=O)[O-]. The molecule has 8 heteroatoms. The molecule has 0 aliphatic rings. The van der Waals surface area contributed by atoms with Crippen LogP contribution in [0, 0.1) is 10.1 Å². The number of anilines is 1. The summed E-state index contributed by atoms with van der Waals surface area (Å²) in [6, 6.07) is 2.43. The van der Waals surface area contributed by atoms with E-state index in [1.54, 1.807) is 0 Å². The summed E-state index contributed by atoms with van der Waals surface area (Å²) in [6.45, 7) is 1.07. The van der Waals surface area contributed by atoms with Crippen LogP contribution in [0.25, 0.3) is 0 Å². The minimum absolute atomic E-state index is 0.0847. The van der Waals surface area contributed by atoms with E-state index >= 15 is 0 Å². The fourth-order valence-electron chi connectivity index (χ4n) is 1.36. The summed E-state index contributed by atoms with van der Waals surface area (Å²) in [5.41, 5.74) is 2.08. The largest absolute Gasteiger partial charge is 0.416 e. The van der Waals surface area contributed by atoms with Gasteiger partial charge in [0.25, 0.3) is 5.69 Å². The van der Waals surface area contributed by atoms with Crippen molar-refractivity contribution >= 4 is 11.4 Å². The Hall–Kier alpha value is -1.83. The van der Waals surface area contributed by atoms with Crippen LogP contribution < -0.4 is 11.1 Å². The topological polar surface area (TPSA) is 82.8 Å². The van der Waals surface area contributed by atoms with Crippen molar-refractivity contribution in [3.05, 3.63) is 33.9 Å². The fraction of sp³-hybridized carbons (Fsp3) is 0.400. The molecule has 5 nitrogen and oxygen atoms in total. The lowest BCUT2D eigenvalue weighted by atomic mass is 10.1. The molecule has 1 aromatic rings. The number of nitrogens with zero attached hydrogens (tertiary/aromatic N) is 1. The van der Waals surface area contributed by atoms with Crippen LogP contribution in [0.3, 0.4) is 0 Å². The number of nitrogens with one attached hydrogen (secondary N) is 1. The third kappa shape index (κ3) is 3.59. The Labute approximate surface area is 101 Å². The third-order valence-corrected chi connectivity index (χ3v) is 2.26. The van der Waals surface area contributed by atoms with E-state index in [-0.39, 0.29) is 5.69 Å². The maximum atomic E-state index is 12.4. The first-order valence-corrected chi connectivity index (χ1v) is 5.25. The molecule has 0 unspecified atom stereocenters. The highest BCUT2D eigenvalue weighted by Crippen LogP contribution is 2.34. The molecule has 0 saturated carbocycles. The number of alkyl halides is 3. The van der Waals surface area contributed by atoms with Crippen LogP contribution in [0.15, 0.2) is 18.2 Å². The number of hydrogen-bond acceptors (Lipinski definition) is 3. The molecule has 0 bridgehead atoms. The third-order valence-electron chi connectivity index (χ3n) is 2.26. The molecule has 0 fully saturated rings. The Kier molecular flexibility index (Phi) is 4.49. The normalized spacial score (nSPS) is 11.3. The molecule has 0 aliphatic heterocycles. The van der Waals surface area contributed by atoms with Crippen LogP contribution in [-0.2, 0) is 6.18 Å². The van der Waals surface area contributed by atoms with Crippen molar-refractivity contribution in [1.82, 2.24) is 0 Å². The van der Waals surface area contributed by atoms with Crippen LogP contribution in [-0.4, -0.2) is 18.0 Å². The quantitative estimate of drug-likeness (QED) is 0.482. The molecule has 1 aromatic carbocycles. The number of halogens is 3. The summed E-state index contributed by atoms with van der Waals surface area (Å²) in [4.78, 5) is 9.89. The maximum Gasteiger partial charge on any atom is 0.416 e. The van der Waals surface area contributed by atoms with Crippen LogP contribution in [0.2, 0.25) is 0 Å². The predicted molar refractivity (Wildman–Crippen MR) is 59.0 cm³/mol. The van der Waals surface area contributed by atoms with E-state index in [9.17, 15) is 23.3 Å². The molecule has 100 valence electrons. The Morgan fingerprint density at radius 3 is 2.56 bits per heavy atom. The maximum absolute atomic E-state index is 12.4. The zero-order valence-electron chi connectivity index (χ0n) is 9.46. The lowest BCUT2D eigenvalue weighted by Crippen LogP contribution is -2.50. The van der Waals surface area contributed by atoms with Crippen LogP contribution >= 0.6 is 0 Å². The average Bonchev–Trinajstić information content (AvgIpc) is 2.28. The molecule has 18 heavy (non-hydrogen) atoms. The summed E-state index contributed by atoms with van der Waals surface area (Å²) >= 11 is 0. The van der Waals surface area contributed by atoms with Crippen molar-refractivity contribution < 1.29 is 23.8 Å². The second-order valence-electron chi connectivity index (χ2n) is 3.62. The number of quaternary nitrogens is 1. The van der Waals surface area contributed by atoms with Gasteiger partial charge in [0.05, 0.1) is 17.0 Å². The molecule has 0 heterocycles. The first-order chi connectivity index (χ1) is 8.36. The van der Waals surface area contributed by atoms with Gasteiger partial charge < -0.3 is 11.1 Å². The Morgan fingerprint density at radius 2 is 2.06 bits per heavy atom. The van der Waals surface area contributed by atoms with Gasteiger partial charge in [-0.25, -0.2) is 0 Å². The van der Waals surface area contributed by atoms with Gasteiger partial charge in [-0.05, 0) is 12.1 Å². The van der Waals surface area contributed by atoms with E-state index in [0.717, 1.165) is 12.1 Å². The predicted octanol–water partition coefficient (Wildman–Crippen LogP) is 1.66. The summed E-state index contributed by atoms with van der Waals surface area (Å²) in [5.74, 6) is 0. The molecule has 0 aliphatic carbocycles. The molecule has 0 aromatic heterocycles. The molecule has 0 amide bonds. The standard InChI is InChI=1S/C10H12F3N3O2/c11-10(12,13)7-2-3-8(15-5-1-4-14)9(6-7)16(17)18/h2-3,6,15H,1,4-5,14H2/p+1. The minimum Gasteiger partial charge on any atom is -0.379 e. The van der Waals surface area contributed by atoms with E-state index in [0.29, 0.717) is 25.6 Å². The van der Waals surface area contributed by atoms with E-state index < -0.39 is 22.4 Å². The van der Waals surface area contributed by atoms with Crippen molar-refractivity contribution in [3.63, 3.8) is 0 Å². The minimum atomic E-state index is -4.59. The number of nitro benzene ring substituents is 1. The van der Waals surface area contributed by atoms with Gasteiger partial charge >= 0.3 is 6.18 Å². The zero-order valence-corrected chi connectivity index (χ0v) is 9.46. The second kappa shape index (κ2) is 5.67. The lowest BCUT2D eigenvalue weighted by molar-refractivity contribution is -0.384. The molecular weight excluding hydrogens is 251 g/mol. The van der Waals surface area contributed by atoms with Crippen LogP contribution in [0.5, 0.6) is 0 Å². The van der Waals surface area contributed by atoms with Gasteiger partial charge in [-0.15, -0.1) is 0 Å². The van der Waals surface area contributed by atoms with E-state index in [1.165, 1.54) is 0 Å². The fourth-order valence-corrected chi connectivity index (χ4v) is 1.36. The smallest absolute Gasteiger partial charge is 0.379 e. The lowest BCUT2D eigenvalue weighted by Gasteiger charge is -2.09. The highest BCUT2D eigenvalue weighted by atomic mass is 19.4. The van der Waals surface area contributed by atoms with Gasteiger partial charge in [0.15, 0.2) is 0 Å². The van der Waals surface area contributed by atoms with Crippen LogP contribution in [0.1, 0.15) is 12.0 Å². The molecule has 0 radical (unpaired) electrons. The van der Waals surface area contributed by atoms with Crippen molar-refractivity contribution in [2.75, 3.05) is 18.4 Å². The molecular formula is C10H13F3N3O2+.